The lowest BCUT2D eigenvalue weighted by Gasteiger charge is -2.18. The maximum atomic E-state index is 12.8. The van der Waals surface area contributed by atoms with Crippen molar-refractivity contribution in [1.29, 1.82) is 0 Å². The molecule has 1 atom stereocenters. The third-order valence-electron chi connectivity index (χ3n) is 10.7. The van der Waals surface area contributed by atoms with E-state index in [1.807, 2.05) is 12.2 Å². The van der Waals surface area contributed by atoms with Gasteiger partial charge in [0.05, 0.1) is 0 Å². The molecule has 0 rings (SSSR count). The van der Waals surface area contributed by atoms with E-state index in [2.05, 4.69) is 130 Å². The number of hydrogen-bond donors (Lipinski definition) is 0. The Hall–Kier alpha value is -4.19. The van der Waals surface area contributed by atoms with E-state index < -0.39 is 6.10 Å². The predicted octanol–water partition coefficient (Wildman–Crippen LogP) is 17.7. The lowest BCUT2D eigenvalue weighted by molar-refractivity contribution is -0.166. The zero-order valence-electron chi connectivity index (χ0n) is 42.4. The highest BCUT2D eigenvalue weighted by Crippen LogP contribution is 2.13. The molecule has 0 aliphatic rings. The molecular formula is C60H96O6. The number of esters is 3. The van der Waals surface area contributed by atoms with E-state index in [9.17, 15) is 14.4 Å². The van der Waals surface area contributed by atoms with Gasteiger partial charge in [0.25, 0.3) is 0 Å². The normalized spacial score (nSPS) is 13.1. The fourth-order valence-electron chi connectivity index (χ4n) is 6.77. The summed E-state index contributed by atoms with van der Waals surface area (Å²) in [5.74, 6) is -1.05. The van der Waals surface area contributed by atoms with Crippen LogP contribution in [0.4, 0.5) is 0 Å². The van der Waals surface area contributed by atoms with Gasteiger partial charge in [-0.1, -0.05) is 206 Å². The Morgan fingerprint density at radius 3 is 1.05 bits per heavy atom. The van der Waals surface area contributed by atoms with Crippen LogP contribution in [0.1, 0.15) is 220 Å². The van der Waals surface area contributed by atoms with Gasteiger partial charge in [-0.2, -0.15) is 0 Å². The monoisotopic (exact) mass is 913 g/mol. The zero-order valence-corrected chi connectivity index (χ0v) is 42.4. The number of rotatable bonds is 46. The average molecular weight is 913 g/mol. The van der Waals surface area contributed by atoms with Crippen molar-refractivity contribution in [2.75, 3.05) is 13.2 Å². The molecule has 0 N–H and O–H groups in total. The number of allylic oxidation sites excluding steroid dienone is 20. The van der Waals surface area contributed by atoms with Gasteiger partial charge in [-0.25, -0.2) is 0 Å². The van der Waals surface area contributed by atoms with Crippen LogP contribution in [0, 0.1) is 0 Å². The highest BCUT2D eigenvalue weighted by Gasteiger charge is 2.19. The summed E-state index contributed by atoms with van der Waals surface area (Å²) in [7, 11) is 0. The van der Waals surface area contributed by atoms with Crippen LogP contribution in [-0.2, 0) is 28.6 Å². The summed E-state index contributed by atoms with van der Waals surface area (Å²) in [4.78, 5) is 38.0. The highest BCUT2D eigenvalue weighted by atomic mass is 16.6. The van der Waals surface area contributed by atoms with E-state index in [1.165, 1.54) is 57.8 Å². The molecule has 0 saturated carbocycles. The summed E-state index contributed by atoms with van der Waals surface area (Å²) in [6, 6.07) is 0. The summed E-state index contributed by atoms with van der Waals surface area (Å²) >= 11 is 0. The number of unbranched alkanes of at least 4 members (excludes halogenated alkanes) is 15. The van der Waals surface area contributed by atoms with Gasteiger partial charge in [-0.05, 0) is 116 Å². The summed E-state index contributed by atoms with van der Waals surface area (Å²) < 4.78 is 16.7. The van der Waals surface area contributed by atoms with Crippen molar-refractivity contribution in [2.45, 2.75) is 226 Å². The minimum absolute atomic E-state index is 0.123. The number of ether oxygens (including phenoxy) is 3. The molecule has 0 fully saturated rings. The van der Waals surface area contributed by atoms with Crippen LogP contribution >= 0.6 is 0 Å². The minimum Gasteiger partial charge on any atom is -0.462 e. The van der Waals surface area contributed by atoms with Crippen LogP contribution in [0.2, 0.25) is 0 Å². The van der Waals surface area contributed by atoms with Gasteiger partial charge in [0.2, 0.25) is 0 Å². The smallest absolute Gasteiger partial charge is 0.306 e. The summed E-state index contributed by atoms with van der Waals surface area (Å²) in [6.45, 7) is 6.29. The van der Waals surface area contributed by atoms with E-state index in [0.29, 0.717) is 19.3 Å². The molecule has 0 aliphatic carbocycles. The minimum atomic E-state index is -0.828. The Morgan fingerprint density at radius 1 is 0.318 bits per heavy atom. The quantitative estimate of drug-likeness (QED) is 0.0262. The van der Waals surface area contributed by atoms with Crippen LogP contribution in [0.15, 0.2) is 122 Å². The molecule has 6 heteroatoms. The van der Waals surface area contributed by atoms with Gasteiger partial charge in [0.15, 0.2) is 6.10 Å². The molecule has 6 nitrogen and oxygen atoms in total. The lowest BCUT2D eigenvalue weighted by Crippen LogP contribution is -2.30. The third-order valence-corrected chi connectivity index (χ3v) is 10.7. The molecule has 0 heterocycles. The van der Waals surface area contributed by atoms with Crippen LogP contribution in [0.3, 0.4) is 0 Å². The number of carbonyl (C=O) groups is 3. The molecule has 0 amide bonds. The standard InChI is InChI=1S/C60H96O6/c1-4-7-10-13-16-19-22-25-27-29-30-31-33-35-38-41-44-47-50-53-59(62)65-56-57(55-64-58(61)52-49-46-43-40-37-34-24-21-18-15-12-9-6-3)66-60(63)54-51-48-45-42-39-36-32-28-26-23-20-17-14-11-8-5-2/h7,9-10,12,16,18-19,21,25,27-28,30-32,34-35,37-38,44,47,57H,4-6,8,11,13-15,17,20,22-24,26,29,33,36,39-43,45-46,48-56H2,1-3H3/b10-7-,12-9-,19-16-,21-18-,27-25-,31-30-,32-28-,37-34-,38-35-,47-44-. The predicted molar refractivity (Wildman–Crippen MR) is 283 cm³/mol. The van der Waals surface area contributed by atoms with Crippen molar-refractivity contribution >= 4 is 17.9 Å². The van der Waals surface area contributed by atoms with Gasteiger partial charge in [-0.3, -0.25) is 14.4 Å². The van der Waals surface area contributed by atoms with E-state index in [0.717, 1.165) is 116 Å². The van der Waals surface area contributed by atoms with E-state index in [-0.39, 0.29) is 37.5 Å². The fraction of sp³-hybridized carbons (Fsp3) is 0.617. The Balaban J connectivity index is 4.56. The molecule has 0 radical (unpaired) electrons. The molecule has 372 valence electrons. The molecule has 0 bridgehead atoms. The largest absolute Gasteiger partial charge is 0.462 e. The van der Waals surface area contributed by atoms with Crippen molar-refractivity contribution in [3.05, 3.63) is 122 Å². The van der Waals surface area contributed by atoms with Crippen molar-refractivity contribution < 1.29 is 28.6 Å². The molecule has 66 heavy (non-hydrogen) atoms. The van der Waals surface area contributed by atoms with E-state index in [1.54, 1.807) is 0 Å². The Morgan fingerprint density at radius 2 is 0.621 bits per heavy atom. The molecule has 0 aliphatic heterocycles. The summed E-state index contributed by atoms with van der Waals surface area (Å²) in [5, 5.41) is 0. The molecule has 0 saturated heterocycles. The van der Waals surface area contributed by atoms with E-state index in [4.69, 9.17) is 14.2 Å². The second kappa shape index (κ2) is 53.4. The first kappa shape index (κ1) is 61.8. The SMILES string of the molecule is CC/C=C\C/C=C\C/C=C\C/C=C\C/C=C\C/C=C\CCC(=O)OCC(COC(=O)CCCCC/C=C\C/C=C\C/C=C\CC)OC(=O)CCCCCCC/C=C\CCCCCCCCC. The van der Waals surface area contributed by atoms with Gasteiger partial charge < -0.3 is 14.2 Å². The van der Waals surface area contributed by atoms with Crippen LogP contribution < -0.4 is 0 Å². The van der Waals surface area contributed by atoms with Gasteiger partial charge >= 0.3 is 17.9 Å². The summed E-state index contributed by atoms with van der Waals surface area (Å²) in [6.07, 6.45) is 73.4. The second-order valence-electron chi connectivity index (χ2n) is 17.0. The van der Waals surface area contributed by atoms with Crippen LogP contribution in [0.5, 0.6) is 0 Å². The molecule has 0 aromatic rings. The first-order valence-electron chi connectivity index (χ1n) is 26.5. The second-order valence-corrected chi connectivity index (χ2v) is 17.0. The Labute approximate surface area is 405 Å². The first-order valence-corrected chi connectivity index (χ1v) is 26.5. The van der Waals surface area contributed by atoms with Crippen molar-refractivity contribution in [1.82, 2.24) is 0 Å². The summed E-state index contributed by atoms with van der Waals surface area (Å²) in [5.41, 5.74) is 0. The molecule has 1 unspecified atom stereocenters. The van der Waals surface area contributed by atoms with Crippen LogP contribution in [0.25, 0.3) is 0 Å². The lowest BCUT2D eigenvalue weighted by atomic mass is 10.1. The average Bonchev–Trinajstić information content (AvgIpc) is 3.31. The maximum Gasteiger partial charge on any atom is 0.306 e. The van der Waals surface area contributed by atoms with Crippen molar-refractivity contribution in [3.63, 3.8) is 0 Å². The first-order chi connectivity index (χ1) is 32.5. The highest BCUT2D eigenvalue weighted by molar-refractivity contribution is 5.71. The fourth-order valence-corrected chi connectivity index (χ4v) is 6.77. The number of hydrogen-bond acceptors (Lipinski definition) is 6. The molecule has 0 spiro atoms. The van der Waals surface area contributed by atoms with Gasteiger partial charge in [0.1, 0.15) is 13.2 Å². The van der Waals surface area contributed by atoms with E-state index >= 15 is 0 Å². The van der Waals surface area contributed by atoms with Crippen molar-refractivity contribution in [2.24, 2.45) is 0 Å². The van der Waals surface area contributed by atoms with Gasteiger partial charge in [-0.15, -0.1) is 0 Å². The molecule has 0 aromatic carbocycles. The van der Waals surface area contributed by atoms with Crippen LogP contribution in [-0.4, -0.2) is 37.2 Å². The van der Waals surface area contributed by atoms with Crippen molar-refractivity contribution in [3.8, 4) is 0 Å². The third kappa shape index (κ3) is 50.8. The topological polar surface area (TPSA) is 78.9 Å². The zero-order chi connectivity index (χ0) is 47.9. The Bertz CT molecular complexity index is 1420. The molecule has 0 aromatic heterocycles. The van der Waals surface area contributed by atoms with Gasteiger partial charge in [0, 0.05) is 19.3 Å². The maximum absolute atomic E-state index is 12.8. The Kier molecular flexibility index (Phi) is 50.0. The molecular weight excluding hydrogens is 817 g/mol. The number of carbonyl (C=O) groups excluding carboxylic acids is 3.